The zero-order valence-corrected chi connectivity index (χ0v) is 17.9. The lowest BCUT2D eigenvalue weighted by Gasteiger charge is -2.15. The van der Waals surface area contributed by atoms with Gasteiger partial charge in [-0.3, -0.25) is 4.79 Å². The molecule has 4 rings (SSSR count). The second kappa shape index (κ2) is 7.54. The fourth-order valence-electron chi connectivity index (χ4n) is 3.53. The third kappa shape index (κ3) is 3.55. The average molecular weight is 419 g/mol. The molecular formula is C24H22N2O3S. The van der Waals surface area contributed by atoms with Crippen LogP contribution in [-0.4, -0.2) is 18.0 Å². The van der Waals surface area contributed by atoms with E-state index in [2.05, 4.69) is 11.1 Å². The number of nitrogens with zero attached hydrogens (tertiary/aromatic N) is 2. The SMILES string of the molecule is Cc1ccc(C)c(Cn2cc(S(=O)(=O)c3ccccc3)c(=O)c3ccc(C)nc32)c1. The minimum absolute atomic E-state index is 0.0970. The first-order chi connectivity index (χ1) is 14.3. The first-order valence-electron chi connectivity index (χ1n) is 9.64. The lowest BCUT2D eigenvalue weighted by Crippen LogP contribution is -2.20. The maximum absolute atomic E-state index is 13.3. The quantitative estimate of drug-likeness (QED) is 0.498. The van der Waals surface area contributed by atoms with Gasteiger partial charge in [-0.05, 0) is 56.2 Å². The molecule has 0 N–H and O–H groups in total. The number of aryl methyl sites for hydroxylation is 3. The van der Waals surface area contributed by atoms with Crippen molar-refractivity contribution in [1.82, 2.24) is 9.55 Å². The van der Waals surface area contributed by atoms with E-state index in [0.29, 0.717) is 17.6 Å². The molecule has 152 valence electrons. The summed E-state index contributed by atoms with van der Waals surface area (Å²) in [4.78, 5) is 17.6. The first kappa shape index (κ1) is 20.0. The molecule has 0 spiro atoms. The Balaban J connectivity index is 2.00. The van der Waals surface area contributed by atoms with Gasteiger partial charge in [-0.15, -0.1) is 0 Å². The fourth-order valence-corrected chi connectivity index (χ4v) is 4.92. The van der Waals surface area contributed by atoms with E-state index < -0.39 is 15.3 Å². The Labute approximate surface area is 175 Å². The topological polar surface area (TPSA) is 69.0 Å². The van der Waals surface area contributed by atoms with Gasteiger partial charge in [0.1, 0.15) is 10.5 Å². The van der Waals surface area contributed by atoms with Crippen molar-refractivity contribution in [2.45, 2.75) is 37.1 Å². The maximum Gasteiger partial charge on any atom is 0.211 e. The average Bonchev–Trinajstić information content (AvgIpc) is 2.73. The predicted octanol–water partition coefficient (Wildman–Crippen LogP) is 4.20. The molecule has 2 aromatic carbocycles. The Morgan fingerprint density at radius 3 is 2.40 bits per heavy atom. The van der Waals surface area contributed by atoms with Gasteiger partial charge in [0.25, 0.3) is 0 Å². The Kier molecular flexibility index (Phi) is 5.03. The zero-order chi connectivity index (χ0) is 21.5. The molecule has 0 aliphatic carbocycles. The fraction of sp³-hybridized carbons (Fsp3) is 0.167. The molecule has 6 heteroatoms. The molecule has 30 heavy (non-hydrogen) atoms. The van der Waals surface area contributed by atoms with Crippen molar-refractivity contribution in [3.8, 4) is 0 Å². The summed E-state index contributed by atoms with van der Waals surface area (Å²) in [6.45, 7) is 6.29. The van der Waals surface area contributed by atoms with Crippen LogP contribution in [0.3, 0.4) is 0 Å². The number of benzene rings is 2. The van der Waals surface area contributed by atoms with Crippen LogP contribution in [0.5, 0.6) is 0 Å². The van der Waals surface area contributed by atoms with Gasteiger partial charge < -0.3 is 4.57 Å². The Hall–Kier alpha value is -3.25. The first-order valence-corrected chi connectivity index (χ1v) is 11.1. The van der Waals surface area contributed by atoms with Crippen molar-refractivity contribution in [2.24, 2.45) is 0 Å². The lowest BCUT2D eigenvalue weighted by atomic mass is 10.1. The molecule has 0 amide bonds. The molecular weight excluding hydrogens is 396 g/mol. The van der Waals surface area contributed by atoms with Gasteiger partial charge in [0.2, 0.25) is 15.3 Å². The van der Waals surface area contributed by atoms with Crippen LogP contribution in [-0.2, 0) is 16.4 Å². The summed E-state index contributed by atoms with van der Waals surface area (Å²) >= 11 is 0. The second-order valence-corrected chi connectivity index (χ2v) is 9.44. The van der Waals surface area contributed by atoms with E-state index in [-0.39, 0.29) is 9.79 Å². The number of pyridine rings is 2. The van der Waals surface area contributed by atoms with E-state index in [1.807, 2.05) is 32.9 Å². The number of hydrogen-bond acceptors (Lipinski definition) is 4. The summed E-state index contributed by atoms with van der Waals surface area (Å²) < 4.78 is 28.3. The van der Waals surface area contributed by atoms with Crippen LogP contribution in [0.15, 0.2) is 81.4 Å². The molecule has 0 unspecified atom stereocenters. The van der Waals surface area contributed by atoms with Gasteiger partial charge >= 0.3 is 0 Å². The number of sulfone groups is 1. The molecule has 0 radical (unpaired) electrons. The highest BCUT2D eigenvalue weighted by molar-refractivity contribution is 7.91. The van der Waals surface area contributed by atoms with Crippen LogP contribution in [0.2, 0.25) is 0 Å². The minimum Gasteiger partial charge on any atom is -0.327 e. The van der Waals surface area contributed by atoms with Crippen molar-refractivity contribution in [2.75, 3.05) is 0 Å². The van der Waals surface area contributed by atoms with Crippen LogP contribution in [0.1, 0.15) is 22.4 Å². The number of hydrogen-bond donors (Lipinski definition) is 0. The summed E-state index contributed by atoms with van der Waals surface area (Å²) in [5.74, 6) is 0. The third-order valence-electron chi connectivity index (χ3n) is 5.22. The van der Waals surface area contributed by atoms with Gasteiger partial charge in [-0.25, -0.2) is 13.4 Å². The summed E-state index contributed by atoms with van der Waals surface area (Å²) in [5, 5.41) is 0.294. The molecule has 0 bridgehead atoms. The highest BCUT2D eigenvalue weighted by Gasteiger charge is 2.24. The molecule has 2 aromatic heterocycles. The van der Waals surface area contributed by atoms with Crippen LogP contribution in [0.4, 0.5) is 0 Å². The van der Waals surface area contributed by atoms with Crippen molar-refractivity contribution in [1.29, 1.82) is 0 Å². The van der Waals surface area contributed by atoms with E-state index >= 15 is 0 Å². The van der Waals surface area contributed by atoms with E-state index in [0.717, 1.165) is 22.4 Å². The van der Waals surface area contributed by atoms with Gasteiger partial charge in [0.15, 0.2) is 0 Å². The highest BCUT2D eigenvalue weighted by atomic mass is 32.2. The van der Waals surface area contributed by atoms with Crippen molar-refractivity contribution in [3.05, 3.63) is 99.5 Å². The largest absolute Gasteiger partial charge is 0.327 e. The van der Waals surface area contributed by atoms with Crippen molar-refractivity contribution < 1.29 is 8.42 Å². The molecule has 0 saturated heterocycles. The lowest BCUT2D eigenvalue weighted by molar-refractivity contribution is 0.594. The minimum atomic E-state index is -3.97. The Morgan fingerprint density at radius 2 is 1.67 bits per heavy atom. The van der Waals surface area contributed by atoms with Crippen LogP contribution >= 0.6 is 0 Å². The van der Waals surface area contributed by atoms with E-state index in [4.69, 9.17) is 0 Å². The normalized spacial score (nSPS) is 11.7. The summed E-state index contributed by atoms with van der Waals surface area (Å²) in [6.07, 6.45) is 1.43. The second-order valence-electron chi connectivity index (χ2n) is 7.52. The van der Waals surface area contributed by atoms with Crippen LogP contribution in [0.25, 0.3) is 11.0 Å². The standard InChI is InChI=1S/C24H22N2O3S/c1-16-9-10-17(2)19(13-16)14-26-15-22(30(28,29)20-7-5-4-6-8-20)23(27)21-12-11-18(3)25-24(21)26/h4-13,15H,14H2,1-3H3. The Bertz CT molecular complexity index is 1420. The molecule has 0 aliphatic rings. The van der Waals surface area contributed by atoms with Crippen molar-refractivity contribution in [3.63, 3.8) is 0 Å². The summed E-state index contributed by atoms with van der Waals surface area (Å²) in [6, 6.07) is 17.6. The molecule has 0 atom stereocenters. The summed E-state index contributed by atoms with van der Waals surface area (Å²) in [7, 11) is -3.97. The van der Waals surface area contributed by atoms with Crippen molar-refractivity contribution >= 4 is 20.9 Å². The monoisotopic (exact) mass is 418 g/mol. The smallest absolute Gasteiger partial charge is 0.211 e. The molecule has 5 nitrogen and oxygen atoms in total. The van der Waals surface area contributed by atoms with E-state index in [1.54, 1.807) is 34.9 Å². The maximum atomic E-state index is 13.3. The Morgan fingerprint density at radius 1 is 0.933 bits per heavy atom. The third-order valence-corrected chi connectivity index (χ3v) is 6.98. The molecule has 0 fully saturated rings. The molecule has 0 aliphatic heterocycles. The summed E-state index contributed by atoms with van der Waals surface area (Å²) in [5.41, 5.74) is 3.96. The van der Waals surface area contributed by atoms with Gasteiger partial charge in [0, 0.05) is 18.4 Å². The van der Waals surface area contributed by atoms with E-state index in [1.165, 1.54) is 18.3 Å². The predicted molar refractivity (Wildman–Crippen MR) is 118 cm³/mol. The highest BCUT2D eigenvalue weighted by Crippen LogP contribution is 2.22. The number of fused-ring (bicyclic) bond motifs is 1. The van der Waals surface area contributed by atoms with Gasteiger partial charge in [0.05, 0.1) is 10.3 Å². The number of rotatable bonds is 4. The van der Waals surface area contributed by atoms with Crippen LogP contribution in [0, 0.1) is 20.8 Å². The van der Waals surface area contributed by atoms with Gasteiger partial charge in [-0.2, -0.15) is 0 Å². The zero-order valence-electron chi connectivity index (χ0n) is 17.1. The number of aromatic nitrogens is 2. The van der Waals surface area contributed by atoms with Crippen LogP contribution < -0.4 is 5.43 Å². The molecule has 4 aromatic rings. The van der Waals surface area contributed by atoms with Gasteiger partial charge in [-0.1, -0.05) is 42.0 Å². The van der Waals surface area contributed by atoms with E-state index in [9.17, 15) is 13.2 Å². The molecule has 2 heterocycles. The molecule has 0 saturated carbocycles.